The first-order valence-corrected chi connectivity index (χ1v) is 9.32. The molecule has 130 valence electrons. The average Bonchev–Trinajstić information content (AvgIpc) is 3.31. The van der Waals surface area contributed by atoms with Crippen molar-refractivity contribution in [1.29, 1.82) is 0 Å². The van der Waals surface area contributed by atoms with E-state index in [9.17, 15) is 4.79 Å². The minimum absolute atomic E-state index is 0.130. The van der Waals surface area contributed by atoms with E-state index in [1.54, 1.807) is 23.9 Å². The van der Waals surface area contributed by atoms with Gasteiger partial charge >= 0.3 is 0 Å². The standard InChI is InChI=1S/C19H19NO4S/c21-19(20-13-7-8-16-17(10-13)24-12-23-16)15-5-1-2-6-18(15)25-11-14-4-3-9-22-14/h1-2,5-8,10,14H,3-4,9,11-12H2,(H,20,21)/t14-/m1/s1. The lowest BCUT2D eigenvalue weighted by atomic mass is 10.2. The summed E-state index contributed by atoms with van der Waals surface area (Å²) in [5, 5.41) is 2.94. The molecule has 2 aliphatic rings. The van der Waals surface area contributed by atoms with Crippen LogP contribution in [0.4, 0.5) is 5.69 Å². The number of ether oxygens (including phenoxy) is 3. The number of carbonyl (C=O) groups is 1. The third-order valence-corrected chi connectivity index (χ3v) is 5.42. The molecule has 1 saturated heterocycles. The molecule has 6 heteroatoms. The highest BCUT2D eigenvalue weighted by molar-refractivity contribution is 7.99. The molecular formula is C19H19NO4S. The van der Waals surface area contributed by atoms with Crippen LogP contribution in [0.2, 0.25) is 0 Å². The Morgan fingerprint density at radius 1 is 1.16 bits per heavy atom. The number of fused-ring (bicyclic) bond motifs is 1. The van der Waals surface area contributed by atoms with Crippen molar-refractivity contribution in [2.45, 2.75) is 23.8 Å². The van der Waals surface area contributed by atoms with E-state index < -0.39 is 0 Å². The molecule has 0 radical (unpaired) electrons. The fourth-order valence-electron chi connectivity index (χ4n) is 2.91. The van der Waals surface area contributed by atoms with Crippen molar-refractivity contribution in [1.82, 2.24) is 0 Å². The molecule has 2 aromatic rings. The zero-order valence-corrected chi connectivity index (χ0v) is 14.5. The summed E-state index contributed by atoms with van der Waals surface area (Å²) in [4.78, 5) is 13.7. The Kier molecular flexibility index (Phi) is 4.81. The number of hydrogen-bond donors (Lipinski definition) is 1. The summed E-state index contributed by atoms with van der Waals surface area (Å²) in [6.45, 7) is 1.06. The molecule has 0 spiro atoms. The van der Waals surface area contributed by atoms with Crippen LogP contribution in [0.3, 0.4) is 0 Å². The fourth-order valence-corrected chi connectivity index (χ4v) is 4.03. The van der Waals surface area contributed by atoms with Crippen molar-refractivity contribution in [3.05, 3.63) is 48.0 Å². The van der Waals surface area contributed by atoms with Gasteiger partial charge in [-0.15, -0.1) is 11.8 Å². The van der Waals surface area contributed by atoms with Crippen molar-refractivity contribution in [2.24, 2.45) is 0 Å². The van der Waals surface area contributed by atoms with Gasteiger partial charge in [-0.05, 0) is 37.1 Å². The van der Waals surface area contributed by atoms with Gasteiger partial charge in [-0.2, -0.15) is 0 Å². The first-order valence-electron chi connectivity index (χ1n) is 8.34. The monoisotopic (exact) mass is 357 g/mol. The lowest BCUT2D eigenvalue weighted by Crippen LogP contribution is -2.14. The number of benzene rings is 2. The second-order valence-corrected chi connectivity index (χ2v) is 7.03. The molecule has 1 fully saturated rings. The van der Waals surface area contributed by atoms with E-state index in [0.717, 1.165) is 30.1 Å². The molecule has 0 aromatic heterocycles. The molecule has 2 aromatic carbocycles. The summed E-state index contributed by atoms with van der Waals surface area (Å²) < 4.78 is 16.3. The molecule has 1 atom stereocenters. The van der Waals surface area contributed by atoms with Crippen LogP contribution in [0.5, 0.6) is 11.5 Å². The quantitative estimate of drug-likeness (QED) is 0.822. The Hall–Kier alpha value is -2.18. The highest BCUT2D eigenvalue weighted by Gasteiger charge is 2.19. The SMILES string of the molecule is O=C(Nc1ccc2c(c1)OCO2)c1ccccc1SC[C@H]1CCCO1. The first-order chi connectivity index (χ1) is 12.3. The van der Waals surface area contributed by atoms with Crippen molar-refractivity contribution in [3.63, 3.8) is 0 Å². The maximum Gasteiger partial charge on any atom is 0.256 e. The van der Waals surface area contributed by atoms with E-state index in [1.807, 2.05) is 30.3 Å². The van der Waals surface area contributed by atoms with Crippen molar-refractivity contribution in [2.75, 3.05) is 24.5 Å². The molecule has 4 rings (SSSR count). The maximum absolute atomic E-state index is 12.7. The Morgan fingerprint density at radius 2 is 2.04 bits per heavy atom. The summed E-state index contributed by atoms with van der Waals surface area (Å²) in [5.74, 6) is 2.09. The molecule has 25 heavy (non-hydrogen) atoms. The topological polar surface area (TPSA) is 56.8 Å². The molecule has 0 unspecified atom stereocenters. The lowest BCUT2D eigenvalue weighted by molar-refractivity contribution is 0.102. The van der Waals surface area contributed by atoms with Crippen LogP contribution in [0.15, 0.2) is 47.4 Å². The minimum Gasteiger partial charge on any atom is -0.454 e. The normalized spacial score (nSPS) is 18.3. The summed E-state index contributed by atoms with van der Waals surface area (Å²) in [5.41, 5.74) is 1.36. The third-order valence-electron chi connectivity index (χ3n) is 4.21. The summed E-state index contributed by atoms with van der Waals surface area (Å²) >= 11 is 1.67. The minimum atomic E-state index is -0.130. The third kappa shape index (κ3) is 3.75. The summed E-state index contributed by atoms with van der Waals surface area (Å²) in [6, 6.07) is 13.1. The van der Waals surface area contributed by atoms with Crippen molar-refractivity contribution >= 4 is 23.4 Å². The van der Waals surface area contributed by atoms with E-state index in [4.69, 9.17) is 14.2 Å². The number of thioether (sulfide) groups is 1. The number of nitrogens with one attached hydrogen (secondary N) is 1. The largest absolute Gasteiger partial charge is 0.454 e. The molecule has 2 aliphatic heterocycles. The molecule has 0 aliphatic carbocycles. The predicted octanol–water partition coefficient (Wildman–Crippen LogP) is 3.94. The smallest absolute Gasteiger partial charge is 0.256 e. The van der Waals surface area contributed by atoms with Crippen LogP contribution in [-0.2, 0) is 4.74 Å². The first kappa shape index (κ1) is 16.3. The van der Waals surface area contributed by atoms with E-state index in [0.29, 0.717) is 22.7 Å². The van der Waals surface area contributed by atoms with Gasteiger partial charge in [0.05, 0.1) is 11.7 Å². The van der Waals surface area contributed by atoms with Gasteiger partial charge in [0.2, 0.25) is 6.79 Å². The second kappa shape index (κ2) is 7.37. The van der Waals surface area contributed by atoms with Gasteiger partial charge in [0.15, 0.2) is 11.5 Å². The Labute approximate surface area is 150 Å². The van der Waals surface area contributed by atoms with E-state index in [1.165, 1.54) is 0 Å². The highest BCUT2D eigenvalue weighted by Crippen LogP contribution is 2.34. The van der Waals surface area contributed by atoms with Crippen LogP contribution in [0, 0.1) is 0 Å². The summed E-state index contributed by atoms with van der Waals surface area (Å²) in [7, 11) is 0. The predicted molar refractivity (Wildman–Crippen MR) is 96.7 cm³/mol. The number of hydrogen-bond acceptors (Lipinski definition) is 5. The van der Waals surface area contributed by atoms with Crippen LogP contribution < -0.4 is 14.8 Å². The van der Waals surface area contributed by atoms with E-state index in [-0.39, 0.29) is 18.8 Å². The zero-order valence-electron chi connectivity index (χ0n) is 13.7. The van der Waals surface area contributed by atoms with Gasteiger partial charge in [0.1, 0.15) is 0 Å². The lowest BCUT2D eigenvalue weighted by Gasteiger charge is -2.12. The molecule has 2 heterocycles. The Morgan fingerprint density at radius 3 is 2.92 bits per heavy atom. The zero-order chi connectivity index (χ0) is 17.1. The molecule has 1 N–H and O–H groups in total. The van der Waals surface area contributed by atoms with Crippen LogP contribution >= 0.6 is 11.8 Å². The van der Waals surface area contributed by atoms with E-state index in [2.05, 4.69) is 5.32 Å². The molecule has 1 amide bonds. The van der Waals surface area contributed by atoms with Crippen molar-refractivity contribution in [3.8, 4) is 11.5 Å². The van der Waals surface area contributed by atoms with Crippen molar-refractivity contribution < 1.29 is 19.0 Å². The number of carbonyl (C=O) groups excluding carboxylic acids is 1. The Balaban J connectivity index is 1.46. The highest BCUT2D eigenvalue weighted by atomic mass is 32.2. The van der Waals surface area contributed by atoms with Gasteiger partial charge in [-0.25, -0.2) is 0 Å². The number of anilines is 1. The van der Waals surface area contributed by atoms with Gasteiger partial charge in [0.25, 0.3) is 5.91 Å². The van der Waals surface area contributed by atoms with Gasteiger partial charge < -0.3 is 19.5 Å². The molecule has 0 saturated carbocycles. The average molecular weight is 357 g/mol. The Bertz CT molecular complexity index is 774. The maximum atomic E-state index is 12.7. The van der Waals surface area contributed by atoms with Crippen LogP contribution in [-0.4, -0.2) is 31.2 Å². The summed E-state index contributed by atoms with van der Waals surface area (Å²) in [6.07, 6.45) is 2.51. The molecular weight excluding hydrogens is 338 g/mol. The van der Waals surface area contributed by atoms with Crippen LogP contribution in [0.25, 0.3) is 0 Å². The van der Waals surface area contributed by atoms with Gasteiger partial charge in [-0.3, -0.25) is 4.79 Å². The van der Waals surface area contributed by atoms with Crippen LogP contribution in [0.1, 0.15) is 23.2 Å². The molecule has 5 nitrogen and oxygen atoms in total. The van der Waals surface area contributed by atoms with E-state index >= 15 is 0 Å². The molecule has 0 bridgehead atoms. The van der Waals surface area contributed by atoms with Gasteiger partial charge in [-0.1, -0.05) is 12.1 Å². The second-order valence-electron chi connectivity index (χ2n) is 5.96. The number of rotatable bonds is 5. The van der Waals surface area contributed by atoms with Gasteiger partial charge in [0, 0.05) is 29.0 Å². The fraction of sp³-hybridized carbons (Fsp3) is 0.316. The number of amides is 1.